The zero-order valence-corrected chi connectivity index (χ0v) is 24.5. The minimum Gasteiger partial charge on any atom is -0.443 e. The first-order chi connectivity index (χ1) is 19.4. The molecule has 7 nitrogen and oxygen atoms in total. The van der Waals surface area contributed by atoms with Crippen molar-refractivity contribution in [3.8, 4) is 11.3 Å². The van der Waals surface area contributed by atoms with Gasteiger partial charge in [0, 0.05) is 18.4 Å². The number of rotatable bonds is 10. The number of pyridine rings is 1. The van der Waals surface area contributed by atoms with Gasteiger partial charge in [-0.05, 0) is 75.4 Å². The van der Waals surface area contributed by atoms with Gasteiger partial charge < -0.3 is 4.74 Å². The average molecular weight is 609 g/mol. The van der Waals surface area contributed by atoms with E-state index < -0.39 is 45.2 Å². The van der Waals surface area contributed by atoms with Gasteiger partial charge in [0.25, 0.3) is 0 Å². The van der Waals surface area contributed by atoms with Crippen LogP contribution in [0, 0.1) is 12.7 Å². The number of hydrogen-bond acceptors (Lipinski definition) is 6. The van der Waals surface area contributed by atoms with Crippen LogP contribution >= 0.6 is 0 Å². The summed E-state index contributed by atoms with van der Waals surface area (Å²) in [4.78, 5) is 28.3. The van der Waals surface area contributed by atoms with Gasteiger partial charge in [0.05, 0.1) is 11.4 Å². The van der Waals surface area contributed by atoms with Crippen LogP contribution in [0.25, 0.3) is 11.3 Å². The lowest BCUT2D eigenvalue weighted by Crippen LogP contribution is -2.37. The minimum absolute atomic E-state index is 0.0101. The molecule has 1 amide bonds. The van der Waals surface area contributed by atoms with Crippen molar-refractivity contribution in [1.82, 2.24) is 9.71 Å². The molecular weight excluding hydrogens is 576 g/mol. The number of nitrogens with zero attached hydrogens (tertiary/aromatic N) is 1. The molecule has 42 heavy (non-hydrogen) atoms. The Morgan fingerprint density at radius 3 is 2.26 bits per heavy atom. The number of benzene rings is 2. The maximum atomic E-state index is 14.7. The summed E-state index contributed by atoms with van der Waals surface area (Å²) in [5, 5.41) is 0. The van der Waals surface area contributed by atoms with Gasteiger partial charge in [-0.1, -0.05) is 42.0 Å². The van der Waals surface area contributed by atoms with Crippen LogP contribution in [0.15, 0.2) is 54.6 Å². The minimum atomic E-state index is -4.62. The molecule has 0 aliphatic carbocycles. The number of carbonyl (C=O) groups excluding carboxylic acids is 2. The molecule has 0 unspecified atom stereocenters. The van der Waals surface area contributed by atoms with E-state index in [4.69, 9.17) is 4.74 Å². The highest BCUT2D eigenvalue weighted by Gasteiger charge is 2.33. The summed E-state index contributed by atoms with van der Waals surface area (Å²) < 4.78 is 85.7. The normalized spacial score (nSPS) is 12.2. The van der Waals surface area contributed by atoms with E-state index in [1.807, 2.05) is 13.0 Å². The van der Waals surface area contributed by atoms with Crippen LogP contribution in [0.5, 0.6) is 0 Å². The van der Waals surface area contributed by atoms with E-state index in [2.05, 4.69) is 4.98 Å². The number of halogens is 4. The van der Waals surface area contributed by atoms with E-state index in [-0.39, 0.29) is 42.7 Å². The molecule has 0 aliphatic rings. The highest BCUT2D eigenvalue weighted by molar-refractivity contribution is 7.90. The second-order valence-electron chi connectivity index (χ2n) is 10.9. The van der Waals surface area contributed by atoms with Crippen molar-refractivity contribution in [2.75, 3.05) is 5.75 Å². The largest absolute Gasteiger partial charge is 0.443 e. The van der Waals surface area contributed by atoms with Crippen molar-refractivity contribution < 1.29 is 40.3 Å². The predicted octanol–water partition coefficient (Wildman–Crippen LogP) is 6.36. The number of aromatic nitrogens is 1. The summed E-state index contributed by atoms with van der Waals surface area (Å²) in [5.41, 5.74) is 0.493. The first-order valence-electron chi connectivity index (χ1n) is 13.1. The Balaban J connectivity index is 1.64. The average Bonchev–Trinajstić information content (AvgIpc) is 2.85. The Hall–Kier alpha value is -3.80. The molecule has 0 bridgehead atoms. The van der Waals surface area contributed by atoms with Crippen LogP contribution in [0.3, 0.4) is 0 Å². The van der Waals surface area contributed by atoms with Gasteiger partial charge in [0.2, 0.25) is 10.0 Å². The van der Waals surface area contributed by atoms with E-state index in [1.54, 1.807) is 43.7 Å². The fourth-order valence-electron chi connectivity index (χ4n) is 4.10. The lowest BCUT2D eigenvalue weighted by molar-refractivity contribution is -0.141. The third kappa shape index (κ3) is 9.93. The first kappa shape index (κ1) is 32.7. The van der Waals surface area contributed by atoms with E-state index in [1.165, 1.54) is 18.2 Å². The summed E-state index contributed by atoms with van der Waals surface area (Å²) in [6.07, 6.45) is -5.97. The first-order valence-corrected chi connectivity index (χ1v) is 14.7. The van der Waals surface area contributed by atoms with E-state index >= 15 is 0 Å². The molecule has 0 saturated carbocycles. The van der Waals surface area contributed by atoms with Gasteiger partial charge in [0.1, 0.15) is 22.9 Å². The lowest BCUT2D eigenvalue weighted by atomic mass is 9.97. The summed E-state index contributed by atoms with van der Waals surface area (Å²) in [7, 11) is -4.08. The number of aryl methyl sites for hydroxylation is 3. The number of ketones is 1. The van der Waals surface area contributed by atoms with Crippen LogP contribution in [0.2, 0.25) is 0 Å². The molecule has 2 aromatic carbocycles. The molecule has 12 heteroatoms. The molecule has 0 fully saturated rings. The molecule has 1 N–H and O–H groups in total. The SMILES string of the molecule is Cc1cccc(-c2nc(C(F)(F)F)ccc2CCC(=O)Cc2ccc(CCS(=O)(=O)NC(=O)OC(C)(C)C)c(F)c2)c1. The Labute approximate surface area is 242 Å². The van der Waals surface area contributed by atoms with Crippen molar-refractivity contribution in [2.45, 2.75) is 65.2 Å². The van der Waals surface area contributed by atoms with Gasteiger partial charge in [-0.3, -0.25) is 4.79 Å². The van der Waals surface area contributed by atoms with Crippen LogP contribution in [0.4, 0.5) is 22.4 Å². The number of amides is 1. The Bertz CT molecular complexity index is 1560. The van der Waals surface area contributed by atoms with Crippen molar-refractivity contribution in [2.24, 2.45) is 0 Å². The van der Waals surface area contributed by atoms with Crippen LogP contribution in [-0.2, 0) is 45.0 Å². The van der Waals surface area contributed by atoms with Crippen LogP contribution in [-0.4, -0.2) is 36.6 Å². The van der Waals surface area contributed by atoms with E-state index in [9.17, 15) is 35.6 Å². The maximum absolute atomic E-state index is 14.7. The van der Waals surface area contributed by atoms with Crippen LogP contribution in [0.1, 0.15) is 55.1 Å². The zero-order chi connectivity index (χ0) is 31.3. The molecule has 0 atom stereocenters. The quantitative estimate of drug-likeness (QED) is 0.269. The van der Waals surface area contributed by atoms with Crippen molar-refractivity contribution in [3.63, 3.8) is 0 Å². The Morgan fingerprint density at radius 2 is 1.64 bits per heavy atom. The Kier molecular flexibility index (Phi) is 10.1. The molecule has 3 rings (SSSR count). The molecule has 226 valence electrons. The van der Waals surface area contributed by atoms with Crippen molar-refractivity contribution in [3.05, 3.63) is 88.4 Å². The van der Waals surface area contributed by atoms with Crippen LogP contribution < -0.4 is 4.72 Å². The standard InChI is InChI=1S/C30H32F4N2O5S/c1-19-6-5-7-23(16-19)27-22(11-13-26(35-27)30(32,33)34)10-12-24(37)17-20-8-9-21(25(31)18-20)14-15-42(39,40)36-28(38)41-29(2,3)4/h5-9,11,13,16,18H,10,12,14-15,17H2,1-4H3,(H,36,38). The molecular formula is C30H32F4N2O5S. The number of Topliss-reactive ketones (excluding diaryl/α,β-unsaturated/α-hetero) is 1. The molecule has 1 heterocycles. The molecule has 0 saturated heterocycles. The van der Waals surface area contributed by atoms with Gasteiger partial charge in [0.15, 0.2) is 0 Å². The molecule has 0 spiro atoms. The van der Waals surface area contributed by atoms with Gasteiger partial charge in [-0.25, -0.2) is 27.3 Å². The van der Waals surface area contributed by atoms with E-state index in [0.717, 1.165) is 17.7 Å². The highest BCUT2D eigenvalue weighted by Crippen LogP contribution is 2.32. The summed E-state index contributed by atoms with van der Waals surface area (Å²) in [6, 6.07) is 13.1. The number of alkyl halides is 3. The molecule has 3 aromatic rings. The molecule has 1 aromatic heterocycles. The predicted molar refractivity (Wildman–Crippen MR) is 150 cm³/mol. The second kappa shape index (κ2) is 13.0. The fourth-order valence-corrected chi connectivity index (χ4v) is 4.99. The fraction of sp³-hybridized carbons (Fsp3) is 0.367. The summed E-state index contributed by atoms with van der Waals surface area (Å²) in [5.74, 6) is -1.53. The molecule has 0 radical (unpaired) electrons. The highest BCUT2D eigenvalue weighted by atomic mass is 32.2. The van der Waals surface area contributed by atoms with Crippen molar-refractivity contribution in [1.29, 1.82) is 0 Å². The summed E-state index contributed by atoms with van der Waals surface area (Å²) >= 11 is 0. The van der Waals surface area contributed by atoms with E-state index in [0.29, 0.717) is 16.7 Å². The van der Waals surface area contributed by atoms with Gasteiger partial charge in [-0.15, -0.1) is 0 Å². The molecule has 0 aliphatic heterocycles. The maximum Gasteiger partial charge on any atom is 0.433 e. The third-order valence-corrected chi connectivity index (χ3v) is 7.25. The van der Waals surface area contributed by atoms with Gasteiger partial charge >= 0.3 is 12.3 Å². The monoisotopic (exact) mass is 608 g/mol. The Morgan fingerprint density at radius 1 is 0.952 bits per heavy atom. The number of carbonyl (C=O) groups is 2. The number of hydrogen-bond donors (Lipinski definition) is 1. The number of sulfonamides is 1. The topological polar surface area (TPSA) is 102 Å². The van der Waals surface area contributed by atoms with Gasteiger partial charge in [-0.2, -0.15) is 13.2 Å². The van der Waals surface area contributed by atoms with Crippen molar-refractivity contribution >= 4 is 21.9 Å². The lowest BCUT2D eigenvalue weighted by Gasteiger charge is -2.19. The number of ether oxygens (including phenoxy) is 1. The number of nitrogens with one attached hydrogen (secondary N) is 1. The third-order valence-electron chi connectivity index (χ3n) is 6.03. The summed E-state index contributed by atoms with van der Waals surface area (Å²) in [6.45, 7) is 6.55. The second-order valence-corrected chi connectivity index (χ2v) is 12.7. The zero-order valence-electron chi connectivity index (χ0n) is 23.6. The smallest absolute Gasteiger partial charge is 0.433 e.